The van der Waals surface area contributed by atoms with Crippen LogP contribution in [0.1, 0.15) is 0 Å². The van der Waals surface area contributed by atoms with Crippen molar-refractivity contribution < 1.29 is 14.0 Å². The van der Waals surface area contributed by atoms with Crippen LogP contribution in [0.2, 0.25) is 0 Å². The molecule has 78 valence electrons. The molecule has 0 bridgehead atoms. The van der Waals surface area contributed by atoms with Crippen LogP contribution in [0.15, 0.2) is 30.3 Å². The van der Waals surface area contributed by atoms with Crippen LogP contribution in [0.4, 0.5) is 5.69 Å². The summed E-state index contributed by atoms with van der Waals surface area (Å²) in [5, 5.41) is 11.1. The first-order valence-corrected chi connectivity index (χ1v) is 5.75. The Morgan fingerprint density at radius 1 is 1.36 bits per heavy atom. The van der Waals surface area contributed by atoms with Gasteiger partial charge in [0.1, 0.15) is 27.5 Å². The van der Waals surface area contributed by atoms with E-state index in [0.717, 1.165) is 26.7 Å². The van der Waals surface area contributed by atoms with Gasteiger partial charge in [0.05, 0.1) is 0 Å². The normalized spacial score (nSPS) is 8.86. The highest BCUT2D eigenvalue weighted by molar-refractivity contribution is 6.15. The second-order valence-corrected chi connectivity index (χ2v) is 5.79. The van der Waals surface area contributed by atoms with Gasteiger partial charge in [-0.3, -0.25) is 4.79 Å². The average Bonchev–Trinajstić information content (AvgIpc) is 2.18. The van der Waals surface area contributed by atoms with Crippen LogP contribution in [-0.2, 0) is 8.91 Å². The number of para-hydroxylation sites is 1. The Bertz CT molecular complexity index is 256. The topological polar surface area (TPSA) is 58.6 Å². The minimum atomic E-state index is -0.853. The summed E-state index contributed by atoms with van der Waals surface area (Å²) >= 11 is 0. The van der Waals surface area contributed by atoms with Gasteiger partial charge in [0.25, 0.3) is 0 Å². The summed E-state index contributed by atoms with van der Waals surface area (Å²) in [5.74, 6) is -0.853. The Balaban J connectivity index is 0.000000500. The van der Waals surface area contributed by atoms with E-state index in [9.17, 15) is 4.79 Å². The largest absolute Gasteiger partial charge is 0.480 e. The van der Waals surface area contributed by atoms with Crippen LogP contribution < -0.4 is 5.32 Å². The molecule has 0 aromatic heterocycles. The lowest BCUT2D eigenvalue weighted by molar-refractivity contribution is -0.134. The average molecular weight is 229 g/mol. The van der Waals surface area contributed by atoms with Gasteiger partial charge in [0, 0.05) is 5.69 Å². The van der Waals surface area contributed by atoms with Crippen LogP contribution in [-0.4, -0.2) is 38.6 Å². The number of rotatable bonds is 3. The fourth-order valence-corrected chi connectivity index (χ4v) is 0.734. The predicted octanol–water partition coefficient (Wildman–Crippen LogP) is -1.25. The lowest BCUT2D eigenvalue weighted by Gasteiger charge is -2.00. The SMILES string of the molecule is O=C(O)CNc1ccccc1.[SiH3]O[SiH3]. The molecule has 14 heavy (non-hydrogen) atoms. The number of carboxylic acid groups (broad SMARTS) is 1. The van der Waals surface area contributed by atoms with E-state index in [2.05, 4.69) is 9.43 Å². The fraction of sp³-hybridized carbons (Fsp3) is 0.125. The van der Waals surface area contributed by atoms with Crippen molar-refractivity contribution in [2.45, 2.75) is 0 Å². The van der Waals surface area contributed by atoms with Crippen LogP contribution in [0.5, 0.6) is 0 Å². The molecule has 0 unspecified atom stereocenters. The molecule has 4 nitrogen and oxygen atoms in total. The second-order valence-electron chi connectivity index (χ2n) is 2.52. The van der Waals surface area contributed by atoms with Crippen molar-refractivity contribution in [3.05, 3.63) is 30.3 Å². The Morgan fingerprint density at radius 3 is 2.29 bits per heavy atom. The van der Waals surface area contributed by atoms with Gasteiger partial charge >= 0.3 is 5.97 Å². The number of carboxylic acids is 1. The Hall–Kier alpha value is -1.12. The van der Waals surface area contributed by atoms with Crippen LogP contribution in [0.25, 0.3) is 0 Å². The van der Waals surface area contributed by atoms with E-state index in [0.29, 0.717) is 0 Å². The minimum Gasteiger partial charge on any atom is -0.480 e. The maximum atomic E-state index is 10.1. The van der Waals surface area contributed by atoms with Gasteiger partial charge in [-0.1, -0.05) is 18.2 Å². The fourth-order valence-electron chi connectivity index (χ4n) is 0.734. The van der Waals surface area contributed by atoms with E-state index in [1.807, 2.05) is 30.3 Å². The van der Waals surface area contributed by atoms with Crippen molar-refractivity contribution in [3.8, 4) is 0 Å². The van der Waals surface area contributed by atoms with Crippen LogP contribution in [0.3, 0.4) is 0 Å². The zero-order chi connectivity index (χ0) is 10.8. The Labute approximate surface area is 89.4 Å². The van der Waals surface area contributed by atoms with Crippen molar-refractivity contribution in [2.24, 2.45) is 0 Å². The smallest absolute Gasteiger partial charge is 0.322 e. The Kier molecular flexibility index (Phi) is 7.80. The van der Waals surface area contributed by atoms with Crippen molar-refractivity contribution in [2.75, 3.05) is 11.9 Å². The molecular weight excluding hydrogens is 214 g/mol. The van der Waals surface area contributed by atoms with Crippen LogP contribution >= 0.6 is 0 Å². The van der Waals surface area contributed by atoms with Gasteiger partial charge in [-0.05, 0) is 12.1 Å². The minimum absolute atomic E-state index is 0.0377. The summed E-state index contributed by atoms with van der Waals surface area (Å²) in [6.45, 7) is -0.0377. The van der Waals surface area contributed by atoms with Crippen molar-refractivity contribution >= 4 is 32.6 Å². The maximum Gasteiger partial charge on any atom is 0.322 e. The first kappa shape index (κ1) is 12.9. The lowest BCUT2D eigenvalue weighted by atomic mass is 10.3. The molecule has 0 aliphatic carbocycles. The third-order valence-corrected chi connectivity index (χ3v) is 1.22. The summed E-state index contributed by atoms with van der Waals surface area (Å²) in [6, 6.07) is 9.23. The summed E-state index contributed by atoms with van der Waals surface area (Å²) < 4.78 is 4.53. The number of hydrogen-bond acceptors (Lipinski definition) is 3. The number of aliphatic carboxylic acids is 1. The quantitative estimate of drug-likeness (QED) is 0.636. The summed E-state index contributed by atoms with van der Waals surface area (Å²) in [4.78, 5) is 10.1. The number of benzene rings is 1. The number of carbonyl (C=O) groups is 1. The standard InChI is InChI=1S/C8H9NO2.H6OSi2/c10-8(11)6-9-7-4-2-1-3-5-7;2-1-3/h1-5,9H,6H2,(H,10,11);2-3H3. The molecule has 0 fully saturated rings. The van der Waals surface area contributed by atoms with E-state index in [-0.39, 0.29) is 6.54 Å². The molecule has 1 aromatic rings. The molecule has 0 aliphatic rings. The molecule has 0 atom stereocenters. The van der Waals surface area contributed by atoms with Gasteiger partial charge in [-0.15, -0.1) is 0 Å². The third kappa shape index (κ3) is 7.53. The van der Waals surface area contributed by atoms with Gasteiger partial charge in [0.15, 0.2) is 0 Å². The highest BCUT2D eigenvalue weighted by Crippen LogP contribution is 2.03. The summed E-state index contributed by atoms with van der Waals surface area (Å²) in [6.07, 6.45) is 0. The molecule has 0 amide bonds. The van der Waals surface area contributed by atoms with E-state index >= 15 is 0 Å². The third-order valence-electron chi connectivity index (χ3n) is 1.22. The monoisotopic (exact) mass is 229 g/mol. The zero-order valence-electron chi connectivity index (χ0n) is 8.36. The number of hydrogen-bond donors (Lipinski definition) is 2. The van der Waals surface area contributed by atoms with E-state index in [1.54, 1.807) is 0 Å². The molecule has 0 radical (unpaired) electrons. The molecular formula is C8H15NO3Si2. The molecule has 0 saturated carbocycles. The summed E-state index contributed by atoms with van der Waals surface area (Å²) in [5.41, 5.74) is 0.829. The Morgan fingerprint density at radius 2 is 1.86 bits per heavy atom. The highest BCUT2D eigenvalue weighted by Gasteiger charge is 1.93. The van der Waals surface area contributed by atoms with Crippen molar-refractivity contribution in [1.82, 2.24) is 0 Å². The van der Waals surface area contributed by atoms with E-state index in [1.165, 1.54) is 0 Å². The first-order chi connectivity index (χ1) is 6.70. The highest BCUT2D eigenvalue weighted by atomic mass is 28.3. The lowest BCUT2D eigenvalue weighted by Crippen LogP contribution is -2.11. The van der Waals surface area contributed by atoms with Crippen LogP contribution in [0, 0.1) is 0 Å². The summed E-state index contributed by atoms with van der Waals surface area (Å²) in [7, 11) is 1.86. The second kappa shape index (κ2) is 8.48. The molecule has 1 aromatic carbocycles. The molecule has 2 N–H and O–H groups in total. The van der Waals surface area contributed by atoms with E-state index < -0.39 is 5.97 Å². The molecule has 0 aliphatic heterocycles. The number of anilines is 1. The van der Waals surface area contributed by atoms with Gasteiger partial charge < -0.3 is 14.5 Å². The van der Waals surface area contributed by atoms with Crippen molar-refractivity contribution in [1.29, 1.82) is 0 Å². The molecule has 0 saturated heterocycles. The predicted molar refractivity (Wildman–Crippen MR) is 63.5 cm³/mol. The zero-order valence-corrected chi connectivity index (χ0v) is 12.4. The van der Waals surface area contributed by atoms with E-state index in [4.69, 9.17) is 5.11 Å². The molecule has 0 spiro atoms. The van der Waals surface area contributed by atoms with Gasteiger partial charge in [0.2, 0.25) is 0 Å². The molecule has 6 heteroatoms. The van der Waals surface area contributed by atoms with Gasteiger partial charge in [-0.25, -0.2) is 0 Å². The molecule has 0 heterocycles. The first-order valence-electron chi connectivity index (χ1n) is 4.11. The maximum absolute atomic E-state index is 10.1. The number of nitrogens with one attached hydrogen (secondary N) is 1. The van der Waals surface area contributed by atoms with Crippen molar-refractivity contribution in [3.63, 3.8) is 0 Å². The van der Waals surface area contributed by atoms with Gasteiger partial charge in [-0.2, -0.15) is 0 Å². The molecule has 1 rings (SSSR count).